The lowest BCUT2D eigenvalue weighted by molar-refractivity contribution is -0.384. The van der Waals surface area contributed by atoms with Gasteiger partial charge in [-0.1, -0.05) is 59.6 Å². The van der Waals surface area contributed by atoms with Crippen molar-refractivity contribution in [3.63, 3.8) is 0 Å². The number of nitro benzene ring substituents is 2. The number of rotatable bonds is 8. The summed E-state index contributed by atoms with van der Waals surface area (Å²) in [6.45, 7) is 6.15. The molecular weight excluding hydrogens is 917 g/mol. The van der Waals surface area contributed by atoms with Crippen molar-refractivity contribution in [3.05, 3.63) is 179 Å². The Balaban J connectivity index is 0.000000163. The first-order valence-electron chi connectivity index (χ1n) is 19.5. The molecular formula is C47H38Cl3N5O7S2. The summed E-state index contributed by atoms with van der Waals surface area (Å²) in [5.74, 6) is -0.201. The number of ether oxygens (including phenoxy) is 1. The minimum Gasteiger partial charge on any atom is -0.399 e. The monoisotopic (exact) mass is 953 g/mol. The Morgan fingerprint density at radius 1 is 0.656 bits per heavy atom. The van der Waals surface area contributed by atoms with Crippen LogP contribution in [0.2, 0.25) is 10.0 Å². The molecule has 0 amide bonds. The first-order valence-corrected chi connectivity index (χ1v) is 22.3. The molecule has 0 saturated carbocycles. The van der Waals surface area contributed by atoms with Crippen molar-refractivity contribution in [2.24, 2.45) is 0 Å². The van der Waals surface area contributed by atoms with Crippen LogP contribution in [0.3, 0.4) is 0 Å². The first kappa shape index (κ1) is 47.4. The number of nitrogen functional groups attached to an aromatic ring is 1. The van der Waals surface area contributed by atoms with Crippen molar-refractivity contribution in [1.82, 2.24) is 9.97 Å². The predicted octanol–water partition coefficient (Wildman–Crippen LogP) is 13.5. The van der Waals surface area contributed by atoms with Crippen LogP contribution in [0.25, 0.3) is 41.6 Å². The molecule has 1 saturated heterocycles. The average Bonchev–Trinajstić information content (AvgIpc) is 4.08. The van der Waals surface area contributed by atoms with E-state index < -0.39 is 15.1 Å². The third kappa shape index (κ3) is 12.7. The lowest BCUT2D eigenvalue weighted by Gasteiger charge is -2.04. The first-order chi connectivity index (χ1) is 30.6. The quantitative estimate of drug-likeness (QED) is 0.0506. The lowest BCUT2D eigenvalue weighted by atomic mass is 10.0. The van der Waals surface area contributed by atoms with E-state index in [9.17, 15) is 29.8 Å². The molecule has 12 nitrogen and oxygen atoms in total. The SMILES string of the molecule is C1CCOC1.Cc1ccc2nc(-c3ccc(CC(=O)c4ccc(Cl)c([N+](=O)[O-])c4)cc3)sc2c1.Cc1ccc2nc(-c3ccc(N)cc3)sc2c1.O=C(Cl)c1ccc(Cl)c([N+](=O)[O-])c1. The van der Waals surface area contributed by atoms with Gasteiger partial charge in [0.25, 0.3) is 16.6 Å². The molecule has 8 aromatic rings. The molecule has 326 valence electrons. The van der Waals surface area contributed by atoms with Crippen LogP contribution in [0.1, 0.15) is 50.2 Å². The zero-order chi connectivity index (χ0) is 45.9. The number of hydrogen-bond donors (Lipinski definition) is 1. The molecule has 1 fully saturated rings. The van der Waals surface area contributed by atoms with Gasteiger partial charge in [-0.2, -0.15) is 0 Å². The number of nitrogens with zero attached hydrogens (tertiary/aromatic N) is 4. The van der Waals surface area contributed by atoms with Crippen LogP contribution >= 0.6 is 57.5 Å². The van der Waals surface area contributed by atoms with Crippen LogP contribution in [-0.4, -0.2) is 44.1 Å². The van der Waals surface area contributed by atoms with Gasteiger partial charge in [-0.3, -0.25) is 29.8 Å². The number of nitrogens with two attached hydrogens (primary N) is 1. The van der Waals surface area contributed by atoms with Gasteiger partial charge in [-0.15, -0.1) is 22.7 Å². The second-order valence-corrected chi connectivity index (χ2v) is 17.6. The molecule has 3 heterocycles. The Morgan fingerprint density at radius 3 is 1.55 bits per heavy atom. The minimum absolute atomic E-state index is 0.0157. The normalized spacial score (nSPS) is 11.7. The number of carbonyl (C=O) groups excluding carboxylic acids is 2. The lowest BCUT2D eigenvalue weighted by Crippen LogP contribution is -2.04. The molecule has 0 unspecified atom stereocenters. The summed E-state index contributed by atoms with van der Waals surface area (Å²) in [5, 5.41) is 22.6. The number of thiazole rings is 2. The number of fused-ring (bicyclic) bond motifs is 2. The minimum atomic E-state index is -0.750. The number of nitro groups is 2. The number of benzene rings is 6. The number of aryl methyl sites for hydroxylation is 2. The van der Waals surface area contributed by atoms with Crippen molar-refractivity contribution < 1.29 is 24.2 Å². The molecule has 2 N–H and O–H groups in total. The van der Waals surface area contributed by atoms with Crippen molar-refractivity contribution in [1.29, 1.82) is 0 Å². The van der Waals surface area contributed by atoms with Crippen LogP contribution in [0.5, 0.6) is 0 Å². The van der Waals surface area contributed by atoms with Crippen LogP contribution in [0, 0.1) is 34.1 Å². The molecule has 6 aromatic carbocycles. The third-order valence-electron chi connectivity index (χ3n) is 9.47. The van der Waals surface area contributed by atoms with E-state index in [1.54, 1.807) is 22.7 Å². The Labute approximate surface area is 390 Å². The van der Waals surface area contributed by atoms with E-state index >= 15 is 0 Å². The highest BCUT2D eigenvalue weighted by atomic mass is 35.5. The fraction of sp³-hybridized carbons (Fsp3) is 0.149. The van der Waals surface area contributed by atoms with E-state index in [1.807, 2.05) is 60.7 Å². The van der Waals surface area contributed by atoms with Gasteiger partial charge in [0.15, 0.2) is 5.78 Å². The second-order valence-electron chi connectivity index (χ2n) is 14.3. The zero-order valence-electron chi connectivity index (χ0n) is 34.3. The smallest absolute Gasteiger partial charge is 0.288 e. The largest absolute Gasteiger partial charge is 0.399 e. The molecule has 17 heteroatoms. The van der Waals surface area contributed by atoms with E-state index in [2.05, 4.69) is 48.1 Å². The van der Waals surface area contributed by atoms with E-state index in [0.29, 0.717) is 0 Å². The summed E-state index contributed by atoms with van der Waals surface area (Å²) in [5.41, 5.74) is 13.6. The summed E-state index contributed by atoms with van der Waals surface area (Å²) in [7, 11) is 0. The summed E-state index contributed by atoms with van der Waals surface area (Å²) in [4.78, 5) is 52.6. The van der Waals surface area contributed by atoms with Crippen LogP contribution in [-0.2, 0) is 11.2 Å². The molecule has 9 rings (SSSR count). The fourth-order valence-corrected chi connectivity index (χ4v) is 8.73. The molecule has 2 aromatic heterocycles. The van der Waals surface area contributed by atoms with Gasteiger partial charge in [0, 0.05) is 59.7 Å². The Kier molecular flexibility index (Phi) is 16.3. The van der Waals surface area contributed by atoms with Crippen molar-refractivity contribution in [2.45, 2.75) is 33.1 Å². The maximum absolute atomic E-state index is 12.5. The standard InChI is InChI=1S/C22H15ClN2O3S.C14H12N2S.C7H3Cl2NO3.C4H8O/c1-13-2-9-18-21(10-13)29-22(24-18)15-5-3-14(4-6-15)11-20(26)16-7-8-17(23)19(12-16)25(27)28;1-9-2-7-12-13(8-9)17-14(16-12)10-3-5-11(15)6-4-10;8-5-2-1-4(7(9)11)3-6(5)10(12)13;1-2-4-5-3-1/h2-10,12H,11H2,1H3;2-8H,15H2,1H3;1-3H;1-4H2. The van der Waals surface area contributed by atoms with Gasteiger partial charge in [-0.25, -0.2) is 9.97 Å². The van der Waals surface area contributed by atoms with Gasteiger partial charge in [-0.05, 0) is 128 Å². The van der Waals surface area contributed by atoms with Gasteiger partial charge >= 0.3 is 0 Å². The van der Waals surface area contributed by atoms with Crippen LogP contribution in [0.15, 0.2) is 121 Å². The second kappa shape index (κ2) is 22.0. The third-order valence-corrected chi connectivity index (χ3v) is 12.5. The number of hydrogen-bond acceptors (Lipinski definition) is 12. The highest BCUT2D eigenvalue weighted by Crippen LogP contribution is 2.33. The van der Waals surface area contributed by atoms with Gasteiger partial charge in [0.1, 0.15) is 20.1 Å². The van der Waals surface area contributed by atoms with E-state index in [-0.39, 0.29) is 44.8 Å². The Morgan fingerprint density at radius 2 is 1.11 bits per heavy atom. The number of ketones is 1. The predicted molar refractivity (Wildman–Crippen MR) is 258 cm³/mol. The maximum Gasteiger partial charge on any atom is 0.288 e. The topological polar surface area (TPSA) is 181 Å². The molecule has 0 bridgehead atoms. The van der Waals surface area contributed by atoms with Gasteiger partial charge < -0.3 is 10.5 Å². The molecule has 64 heavy (non-hydrogen) atoms. The summed E-state index contributed by atoms with van der Waals surface area (Å²) < 4.78 is 7.32. The van der Waals surface area contributed by atoms with E-state index in [4.69, 9.17) is 45.3 Å². The molecule has 0 spiro atoms. The van der Waals surface area contributed by atoms with Crippen LogP contribution < -0.4 is 5.73 Å². The van der Waals surface area contributed by atoms with Gasteiger partial charge in [0.2, 0.25) is 0 Å². The Bertz CT molecular complexity index is 2970. The average molecular weight is 955 g/mol. The van der Waals surface area contributed by atoms with Crippen LogP contribution in [0.4, 0.5) is 17.1 Å². The summed E-state index contributed by atoms with van der Waals surface area (Å²) in [6, 6.07) is 35.8. The van der Waals surface area contributed by atoms with Gasteiger partial charge in [0.05, 0.1) is 30.3 Å². The number of anilines is 1. The molecule has 1 aliphatic heterocycles. The van der Waals surface area contributed by atoms with E-state index in [1.165, 1.54) is 59.0 Å². The molecule has 0 radical (unpaired) electrons. The highest BCUT2D eigenvalue weighted by Gasteiger charge is 2.18. The Hall–Kier alpha value is -6.13. The zero-order valence-corrected chi connectivity index (χ0v) is 38.2. The van der Waals surface area contributed by atoms with Crippen molar-refractivity contribution in [2.75, 3.05) is 18.9 Å². The molecule has 0 aliphatic carbocycles. The summed E-state index contributed by atoms with van der Waals surface area (Å²) in [6.07, 6.45) is 2.71. The molecule has 0 atom stereocenters. The fourth-order valence-electron chi connectivity index (χ4n) is 6.10. The van der Waals surface area contributed by atoms with Crippen molar-refractivity contribution in [3.8, 4) is 21.1 Å². The maximum atomic E-state index is 12.5. The number of carbonyl (C=O) groups is 2. The molecule has 1 aliphatic rings. The van der Waals surface area contributed by atoms with Crippen molar-refractivity contribution >= 4 is 106 Å². The number of halogens is 3. The number of Topliss-reactive ketones (excluding diaryl/α,β-unsaturated/α-hetero) is 1. The summed E-state index contributed by atoms with van der Waals surface area (Å²) >= 11 is 19.8. The highest BCUT2D eigenvalue weighted by molar-refractivity contribution is 7.22. The van der Waals surface area contributed by atoms with E-state index in [0.717, 1.165) is 67.4 Å². The number of aromatic nitrogens is 2.